The standard InChI is InChI=1S/C13H10F3NOS/c14-9-1-4-13(17)8(5-9)7-19(18)10-2-3-11(15)12(16)6-10/h1-6H,7,17H2. The molecular weight excluding hydrogens is 275 g/mol. The Balaban J connectivity index is 2.25. The Morgan fingerprint density at radius 1 is 1.00 bits per heavy atom. The minimum atomic E-state index is -1.62. The normalized spacial score (nSPS) is 12.4. The van der Waals surface area contributed by atoms with Gasteiger partial charge < -0.3 is 5.73 Å². The van der Waals surface area contributed by atoms with Crippen LogP contribution in [0.1, 0.15) is 5.56 Å². The molecular formula is C13H10F3NOS. The molecule has 19 heavy (non-hydrogen) atoms. The maximum Gasteiger partial charge on any atom is 0.160 e. The molecule has 0 aliphatic rings. The molecule has 0 heterocycles. The van der Waals surface area contributed by atoms with Gasteiger partial charge in [0.2, 0.25) is 0 Å². The van der Waals surface area contributed by atoms with Crippen LogP contribution in [0.5, 0.6) is 0 Å². The maximum atomic E-state index is 13.1. The van der Waals surface area contributed by atoms with Crippen molar-refractivity contribution >= 4 is 16.5 Å². The van der Waals surface area contributed by atoms with E-state index in [1.165, 1.54) is 24.3 Å². The summed E-state index contributed by atoms with van der Waals surface area (Å²) in [6.45, 7) is 0. The van der Waals surface area contributed by atoms with Crippen molar-refractivity contribution in [3.63, 3.8) is 0 Å². The summed E-state index contributed by atoms with van der Waals surface area (Å²) in [4.78, 5) is 0.127. The average molecular weight is 285 g/mol. The SMILES string of the molecule is Nc1ccc(F)cc1CS(=O)c1ccc(F)c(F)c1. The fourth-order valence-corrected chi connectivity index (χ4v) is 2.70. The molecule has 0 fully saturated rings. The van der Waals surface area contributed by atoms with Crippen LogP contribution < -0.4 is 5.73 Å². The van der Waals surface area contributed by atoms with Gasteiger partial charge in [-0.25, -0.2) is 13.2 Å². The molecule has 0 aromatic heterocycles. The van der Waals surface area contributed by atoms with Gasteiger partial charge in [-0.05, 0) is 42.0 Å². The molecule has 2 N–H and O–H groups in total. The number of anilines is 1. The van der Waals surface area contributed by atoms with Gasteiger partial charge >= 0.3 is 0 Å². The zero-order valence-electron chi connectivity index (χ0n) is 9.70. The van der Waals surface area contributed by atoms with Crippen molar-refractivity contribution in [3.05, 3.63) is 59.4 Å². The summed E-state index contributed by atoms with van der Waals surface area (Å²) in [6, 6.07) is 6.72. The average Bonchev–Trinajstić information content (AvgIpc) is 2.37. The van der Waals surface area contributed by atoms with Gasteiger partial charge in [0.15, 0.2) is 11.6 Å². The topological polar surface area (TPSA) is 43.1 Å². The highest BCUT2D eigenvalue weighted by molar-refractivity contribution is 7.84. The zero-order chi connectivity index (χ0) is 14.0. The van der Waals surface area contributed by atoms with E-state index < -0.39 is 28.3 Å². The molecule has 0 radical (unpaired) electrons. The van der Waals surface area contributed by atoms with Crippen molar-refractivity contribution in [1.29, 1.82) is 0 Å². The molecule has 2 rings (SSSR count). The molecule has 0 saturated carbocycles. The summed E-state index contributed by atoms with van der Waals surface area (Å²) in [5, 5.41) is 0. The van der Waals surface area contributed by atoms with Gasteiger partial charge in [-0.1, -0.05) is 0 Å². The minimum absolute atomic E-state index is 0.0608. The van der Waals surface area contributed by atoms with Gasteiger partial charge in [-0.2, -0.15) is 0 Å². The summed E-state index contributed by atoms with van der Waals surface area (Å²) >= 11 is 0. The number of benzene rings is 2. The van der Waals surface area contributed by atoms with Gasteiger partial charge in [0.25, 0.3) is 0 Å². The molecule has 0 aliphatic heterocycles. The molecule has 2 nitrogen and oxygen atoms in total. The second-order valence-electron chi connectivity index (χ2n) is 3.91. The van der Waals surface area contributed by atoms with Crippen molar-refractivity contribution in [2.45, 2.75) is 10.6 Å². The summed E-state index contributed by atoms with van der Waals surface area (Å²) in [6.07, 6.45) is 0. The van der Waals surface area contributed by atoms with E-state index in [2.05, 4.69) is 0 Å². The Kier molecular flexibility index (Phi) is 3.90. The van der Waals surface area contributed by atoms with Crippen molar-refractivity contribution in [3.8, 4) is 0 Å². The largest absolute Gasteiger partial charge is 0.398 e. The number of rotatable bonds is 3. The first-order chi connectivity index (χ1) is 8.97. The van der Waals surface area contributed by atoms with Crippen LogP contribution in [-0.2, 0) is 16.6 Å². The van der Waals surface area contributed by atoms with Crippen LogP contribution in [0, 0.1) is 17.5 Å². The first-order valence-electron chi connectivity index (χ1n) is 5.34. The Morgan fingerprint density at radius 2 is 1.74 bits per heavy atom. The molecule has 100 valence electrons. The lowest BCUT2D eigenvalue weighted by atomic mass is 10.2. The highest BCUT2D eigenvalue weighted by Crippen LogP contribution is 2.20. The predicted molar refractivity (Wildman–Crippen MR) is 67.3 cm³/mol. The predicted octanol–water partition coefficient (Wildman–Crippen LogP) is 2.99. The summed E-state index contributed by atoms with van der Waals surface area (Å²) in [5.74, 6) is -2.63. The lowest BCUT2D eigenvalue weighted by molar-refractivity contribution is 0.505. The second kappa shape index (κ2) is 5.44. The van der Waals surface area contributed by atoms with Crippen LogP contribution in [0.15, 0.2) is 41.3 Å². The molecule has 0 bridgehead atoms. The Morgan fingerprint density at radius 3 is 2.42 bits per heavy atom. The van der Waals surface area contributed by atoms with E-state index in [4.69, 9.17) is 5.73 Å². The third kappa shape index (κ3) is 3.14. The van der Waals surface area contributed by atoms with E-state index in [-0.39, 0.29) is 10.6 Å². The molecule has 0 spiro atoms. The van der Waals surface area contributed by atoms with Crippen LogP contribution in [0.4, 0.5) is 18.9 Å². The summed E-state index contributed by atoms with van der Waals surface area (Å²) < 4.78 is 50.8. The number of hydrogen-bond donors (Lipinski definition) is 1. The van der Waals surface area contributed by atoms with Crippen molar-refractivity contribution in [1.82, 2.24) is 0 Å². The van der Waals surface area contributed by atoms with E-state index in [0.717, 1.165) is 12.1 Å². The number of halogens is 3. The fraction of sp³-hybridized carbons (Fsp3) is 0.0769. The molecule has 2 aromatic carbocycles. The number of hydrogen-bond acceptors (Lipinski definition) is 2. The molecule has 0 saturated heterocycles. The van der Waals surface area contributed by atoms with Gasteiger partial charge in [-0.15, -0.1) is 0 Å². The molecule has 6 heteroatoms. The fourth-order valence-electron chi connectivity index (χ4n) is 1.54. The summed E-state index contributed by atoms with van der Waals surface area (Å²) in [5.41, 5.74) is 6.30. The van der Waals surface area contributed by atoms with Crippen molar-refractivity contribution in [2.24, 2.45) is 0 Å². The van der Waals surface area contributed by atoms with Crippen LogP contribution in [-0.4, -0.2) is 4.21 Å². The molecule has 1 atom stereocenters. The van der Waals surface area contributed by atoms with Crippen molar-refractivity contribution in [2.75, 3.05) is 5.73 Å². The number of nitrogen functional groups attached to an aromatic ring is 1. The van der Waals surface area contributed by atoms with E-state index in [1.54, 1.807) is 0 Å². The molecule has 2 aromatic rings. The number of nitrogens with two attached hydrogens (primary N) is 1. The quantitative estimate of drug-likeness (QED) is 0.881. The van der Waals surface area contributed by atoms with E-state index in [1.807, 2.05) is 0 Å². The smallest absolute Gasteiger partial charge is 0.160 e. The molecule has 0 amide bonds. The van der Waals surface area contributed by atoms with Gasteiger partial charge in [0.05, 0.1) is 16.6 Å². The van der Waals surface area contributed by atoms with E-state index in [0.29, 0.717) is 11.3 Å². The lowest BCUT2D eigenvalue weighted by Crippen LogP contribution is -2.02. The first kappa shape index (κ1) is 13.6. The van der Waals surface area contributed by atoms with Gasteiger partial charge in [-0.3, -0.25) is 4.21 Å². The highest BCUT2D eigenvalue weighted by atomic mass is 32.2. The lowest BCUT2D eigenvalue weighted by Gasteiger charge is -2.06. The Hall–Kier alpha value is -1.82. The molecule has 0 aliphatic carbocycles. The third-order valence-corrected chi connectivity index (χ3v) is 3.90. The summed E-state index contributed by atoms with van der Waals surface area (Å²) in [7, 11) is -1.62. The Bertz CT molecular complexity index is 646. The van der Waals surface area contributed by atoms with Crippen LogP contribution in [0.3, 0.4) is 0 Å². The van der Waals surface area contributed by atoms with Crippen LogP contribution in [0.2, 0.25) is 0 Å². The van der Waals surface area contributed by atoms with Crippen LogP contribution in [0.25, 0.3) is 0 Å². The highest BCUT2D eigenvalue weighted by Gasteiger charge is 2.11. The zero-order valence-corrected chi connectivity index (χ0v) is 10.5. The van der Waals surface area contributed by atoms with Gasteiger partial charge in [0.1, 0.15) is 5.82 Å². The maximum absolute atomic E-state index is 13.1. The Labute approximate surface area is 110 Å². The first-order valence-corrected chi connectivity index (χ1v) is 6.66. The van der Waals surface area contributed by atoms with E-state index >= 15 is 0 Å². The second-order valence-corrected chi connectivity index (χ2v) is 5.36. The van der Waals surface area contributed by atoms with Crippen molar-refractivity contribution < 1.29 is 17.4 Å². The molecule has 1 unspecified atom stereocenters. The monoisotopic (exact) mass is 285 g/mol. The third-order valence-electron chi connectivity index (χ3n) is 2.55. The van der Waals surface area contributed by atoms with Crippen LogP contribution >= 0.6 is 0 Å². The van der Waals surface area contributed by atoms with Gasteiger partial charge in [0, 0.05) is 10.6 Å². The minimum Gasteiger partial charge on any atom is -0.398 e. The van der Waals surface area contributed by atoms with E-state index in [9.17, 15) is 17.4 Å².